The molecule has 0 radical (unpaired) electrons. The van der Waals surface area contributed by atoms with E-state index in [-0.39, 0.29) is 11.8 Å². The summed E-state index contributed by atoms with van der Waals surface area (Å²) in [6.45, 7) is 1.42. The number of amides is 1. The maximum atomic E-state index is 13.0. The van der Waals surface area contributed by atoms with E-state index in [0.29, 0.717) is 29.3 Å². The molecule has 3 heterocycles. The number of nitriles is 1. The third kappa shape index (κ3) is 4.55. The quantitative estimate of drug-likeness (QED) is 0.697. The normalized spacial score (nSPS) is 15.8. The molecule has 0 aliphatic carbocycles. The van der Waals surface area contributed by atoms with Crippen molar-refractivity contribution in [2.45, 2.75) is 12.8 Å². The molecule has 3 aromatic rings. The number of pyridine rings is 2. The van der Waals surface area contributed by atoms with Crippen LogP contribution in [0.15, 0.2) is 67.1 Å². The fraction of sp³-hybridized carbons (Fsp3) is 0.217. The lowest BCUT2D eigenvalue weighted by molar-refractivity contribution is -0.120. The monoisotopic (exact) mass is 399 g/mol. The third-order valence-corrected chi connectivity index (χ3v) is 5.00. The fourth-order valence-corrected chi connectivity index (χ4v) is 3.47. The van der Waals surface area contributed by atoms with Gasteiger partial charge in [0.2, 0.25) is 5.91 Å². The number of aromatic nitrogens is 2. The first-order valence-electron chi connectivity index (χ1n) is 9.82. The summed E-state index contributed by atoms with van der Waals surface area (Å²) in [7, 11) is 0. The van der Waals surface area contributed by atoms with E-state index >= 15 is 0 Å². The van der Waals surface area contributed by atoms with Gasteiger partial charge < -0.3 is 15.0 Å². The second kappa shape index (κ2) is 9.05. The summed E-state index contributed by atoms with van der Waals surface area (Å²) in [6, 6.07) is 16.6. The van der Waals surface area contributed by atoms with Crippen LogP contribution in [0.1, 0.15) is 18.4 Å². The first-order chi connectivity index (χ1) is 14.7. The predicted octanol–water partition coefficient (Wildman–Crippen LogP) is 4.00. The molecule has 0 spiro atoms. The van der Waals surface area contributed by atoms with Crippen LogP contribution >= 0.6 is 0 Å². The third-order valence-electron chi connectivity index (χ3n) is 5.00. The molecule has 4 rings (SSSR count). The molecule has 1 saturated heterocycles. The highest BCUT2D eigenvalue weighted by atomic mass is 16.5. The molecule has 1 aliphatic rings. The van der Waals surface area contributed by atoms with Crippen molar-refractivity contribution in [1.29, 1.82) is 5.26 Å². The van der Waals surface area contributed by atoms with E-state index in [4.69, 9.17) is 10.00 Å². The predicted molar refractivity (Wildman–Crippen MR) is 113 cm³/mol. The number of rotatable bonds is 5. The second-order valence-corrected chi connectivity index (χ2v) is 7.08. The molecular formula is C23H21N5O2. The molecule has 1 atom stereocenters. The number of nitrogens with zero attached hydrogens (tertiary/aromatic N) is 4. The van der Waals surface area contributed by atoms with Crippen LogP contribution in [0.5, 0.6) is 11.5 Å². The van der Waals surface area contributed by atoms with Crippen LogP contribution < -0.4 is 15.0 Å². The minimum absolute atomic E-state index is 0.0458. The average molecular weight is 399 g/mol. The van der Waals surface area contributed by atoms with Crippen molar-refractivity contribution in [3.8, 4) is 17.6 Å². The van der Waals surface area contributed by atoms with E-state index < -0.39 is 0 Å². The van der Waals surface area contributed by atoms with E-state index in [0.717, 1.165) is 25.2 Å². The largest absolute Gasteiger partial charge is 0.454 e. The molecule has 1 fully saturated rings. The lowest BCUT2D eigenvalue weighted by Gasteiger charge is -2.33. The number of hydrogen-bond acceptors (Lipinski definition) is 6. The van der Waals surface area contributed by atoms with E-state index in [1.54, 1.807) is 30.7 Å². The van der Waals surface area contributed by atoms with Crippen molar-refractivity contribution in [3.05, 3.63) is 72.7 Å². The smallest absolute Gasteiger partial charge is 0.229 e. The summed E-state index contributed by atoms with van der Waals surface area (Å²) in [6.07, 6.45) is 6.57. The molecule has 7 heteroatoms. The number of hydrogen-bond donors (Lipinski definition) is 1. The number of piperidine rings is 1. The van der Waals surface area contributed by atoms with Crippen molar-refractivity contribution in [1.82, 2.24) is 9.97 Å². The minimum Gasteiger partial charge on any atom is -0.454 e. The molecule has 1 aromatic carbocycles. The fourth-order valence-electron chi connectivity index (χ4n) is 3.47. The van der Waals surface area contributed by atoms with Gasteiger partial charge in [0.05, 0.1) is 23.4 Å². The number of carbonyl (C=O) groups is 1. The minimum atomic E-state index is -0.164. The number of ether oxygens (including phenoxy) is 1. The van der Waals surface area contributed by atoms with Crippen molar-refractivity contribution in [2.24, 2.45) is 5.92 Å². The molecule has 1 N–H and O–H groups in total. The van der Waals surface area contributed by atoms with Gasteiger partial charge in [0.1, 0.15) is 17.6 Å². The van der Waals surface area contributed by atoms with Crippen LogP contribution in [-0.4, -0.2) is 29.0 Å². The van der Waals surface area contributed by atoms with Crippen LogP contribution in [0.4, 0.5) is 11.5 Å². The zero-order valence-electron chi connectivity index (χ0n) is 16.4. The molecular weight excluding hydrogens is 378 g/mol. The van der Waals surface area contributed by atoms with Crippen LogP contribution in [0.2, 0.25) is 0 Å². The van der Waals surface area contributed by atoms with Crippen LogP contribution in [0.3, 0.4) is 0 Å². The average Bonchev–Trinajstić information content (AvgIpc) is 2.81. The van der Waals surface area contributed by atoms with E-state index in [2.05, 4.69) is 26.3 Å². The molecule has 0 bridgehead atoms. The molecule has 1 amide bonds. The number of benzene rings is 1. The maximum Gasteiger partial charge on any atom is 0.229 e. The summed E-state index contributed by atoms with van der Waals surface area (Å²) >= 11 is 0. The van der Waals surface area contributed by atoms with Crippen LogP contribution in [-0.2, 0) is 4.79 Å². The Kier molecular flexibility index (Phi) is 5.85. The summed E-state index contributed by atoms with van der Waals surface area (Å²) < 4.78 is 5.89. The highest BCUT2D eigenvalue weighted by molar-refractivity contribution is 5.94. The molecule has 1 aliphatic heterocycles. The van der Waals surface area contributed by atoms with Gasteiger partial charge >= 0.3 is 0 Å². The zero-order valence-corrected chi connectivity index (χ0v) is 16.4. The van der Waals surface area contributed by atoms with E-state index in [1.165, 1.54) is 0 Å². The van der Waals surface area contributed by atoms with E-state index in [1.807, 2.05) is 36.4 Å². The summed E-state index contributed by atoms with van der Waals surface area (Å²) in [5, 5.41) is 12.0. The number of anilines is 2. The van der Waals surface area contributed by atoms with Gasteiger partial charge in [-0.2, -0.15) is 5.26 Å². The molecule has 7 nitrogen and oxygen atoms in total. The first kappa shape index (κ1) is 19.4. The Hall–Kier alpha value is -3.92. The molecule has 30 heavy (non-hydrogen) atoms. The molecule has 0 unspecified atom stereocenters. The molecule has 150 valence electrons. The summed E-state index contributed by atoms with van der Waals surface area (Å²) in [4.78, 5) is 23.5. The van der Waals surface area contributed by atoms with Crippen LogP contribution in [0, 0.1) is 17.2 Å². The van der Waals surface area contributed by atoms with E-state index in [9.17, 15) is 4.79 Å². The summed E-state index contributed by atoms with van der Waals surface area (Å²) in [5.41, 5.74) is 1.15. The van der Waals surface area contributed by atoms with Gasteiger partial charge in [-0.05, 0) is 49.2 Å². The molecule has 0 saturated carbocycles. The van der Waals surface area contributed by atoms with Crippen molar-refractivity contribution in [2.75, 3.05) is 23.3 Å². The van der Waals surface area contributed by atoms with Gasteiger partial charge in [0, 0.05) is 25.5 Å². The number of nitrogens with one attached hydrogen (secondary N) is 1. The SMILES string of the molecule is N#Cc1ccc(N2CCC[C@@H](C(=O)Nc3ccccc3Oc3cccnc3)C2)nc1. The Bertz CT molecular complexity index is 1050. The lowest BCUT2D eigenvalue weighted by Crippen LogP contribution is -2.41. The number of para-hydroxylation sites is 2. The summed E-state index contributed by atoms with van der Waals surface area (Å²) in [5.74, 6) is 1.75. The van der Waals surface area contributed by atoms with Gasteiger partial charge in [-0.3, -0.25) is 9.78 Å². The van der Waals surface area contributed by atoms with Crippen molar-refractivity contribution < 1.29 is 9.53 Å². The van der Waals surface area contributed by atoms with Gasteiger partial charge in [-0.15, -0.1) is 0 Å². The maximum absolute atomic E-state index is 13.0. The van der Waals surface area contributed by atoms with Crippen LogP contribution in [0.25, 0.3) is 0 Å². The Morgan fingerprint density at radius 2 is 2.07 bits per heavy atom. The number of carbonyl (C=O) groups excluding carboxylic acids is 1. The van der Waals surface area contributed by atoms with Crippen molar-refractivity contribution in [3.63, 3.8) is 0 Å². The Labute approximate surface area is 175 Å². The molecule has 2 aromatic heterocycles. The first-order valence-corrected chi connectivity index (χ1v) is 9.82. The van der Waals surface area contributed by atoms with Gasteiger partial charge in [-0.1, -0.05) is 12.1 Å². The Morgan fingerprint density at radius 1 is 1.17 bits per heavy atom. The van der Waals surface area contributed by atoms with Crippen molar-refractivity contribution >= 4 is 17.4 Å². The topological polar surface area (TPSA) is 91.1 Å². The zero-order chi connectivity index (χ0) is 20.8. The van der Waals surface area contributed by atoms with Gasteiger partial charge in [0.15, 0.2) is 5.75 Å². The Morgan fingerprint density at radius 3 is 2.83 bits per heavy atom. The second-order valence-electron chi connectivity index (χ2n) is 7.08. The van der Waals surface area contributed by atoms with Gasteiger partial charge in [0.25, 0.3) is 0 Å². The van der Waals surface area contributed by atoms with Gasteiger partial charge in [-0.25, -0.2) is 4.98 Å². The Balaban J connectivity index is 1.44. The highest BCUT2D eigenvalue weighted by Gasteiger charge is 2.27. The lowest BCUT2D eigenvalue weighted by atomic mass is 9.97. The highest BCUT2D eigenvalue weighted by Crippen LogP contribution is 2.30. The standard InChI is InChI=1S/C23H21N5O2/c24-13-17-9-10-22(26-14-17)28-12-4-5-18(16-28)23(29)27-20-7-1-2-8-21(20)30-19-6-3-11-25-15-19/h1-3,6-11,14-15,18H,4-5,12,16H2,(H,27,29)/t18-/m1/s1.